The van der Waals surface area contributed by atoms with Crippen LogP contribution in [0.5, 0.6) is 0 Å². The van der Waals surface area contributed by atoms with Gasteiger partial charge in [0.15, 0.2) is 0 Å². The van der Waals surface area contributed by atoms with E-state index in [9.17, 15) is 15.0 Å². The fourth-order valence-corrected chi connectivity index (χ4v) is 5.04. The van der Waals surface area contributed by atoms with Crippen LogP contribution in [-0.4, -0.2) is 35.0 Å². The van der Waals surface area contributed by atoms with Crippen molar-refractivity contribution >= 4 is 5.97 Å². The average molecular weight is 375 g/mol. The summed E-state index contributed by atoms with van der Waals surface area (Å²) in [5, 5.41) is 20.8. The van der Waals surface area contributed by atoms with Gasteiger partial charge in [0.05, 0.1) is 18.8 Å². The first-order valence-corrected chi connectivity index (χ1v) is 10.7. The predicted octanol–water partition coefficient (Wildman–Crippen LogP) is 3.94. The molecule has 0 saturated heterocycles. The molecule has 0 bridgehead atoms. The van der Waals surface area contributed by atoms with E-state index in [0.29, 0.717) is 37.2 Å². The van der Waals surface area contributed by atoms with Crippen LogP contribution in [0.4, 0.5) is 0 Å². The van der Waals surface area contributed by atoms with Crippen molar-refractivity contribution < 1.29 is 19.7 Å². The van der Waals surface area contributed by atoms with Gasteiger partial charge in [0.1, 0.15) is 0 Å². The van der Waals surface area contributed by atoms with Crippen LogP contribution in [0.2, 0.25) is 0 Å². The first-order chi connectivity index (χ1) is 13.1. The molecule has 2 fully saturated rings. The minimum atomic E-state index is -0.365. The second-order valence-electron chi connectivity index (χ2n) is 8.32. The third-order valence-electron chi connectivity index (χ3n) is 6.47. The van der Waals surface area contributed by atoms with Crippen molar-refractivity contribution in [2.24, 2.45) is 23.7 Å². The Labute approximate surface area is 163 Å². The Bertz CT molecular complexity index is 585. The number of hydrogen-bond donors (Lipinski definition) is 2. The summed E-state index contributed by atoms with van der Waals surface area (Å²) in [6.07, 6.45) is 17.4. The van der Waals surface area contributed by atoms with Crippen molar-refractivity contribution in [3.63, 3.8) is 0 Å². The number of aliphatic hydroxyl groups is 2. The number of fused-ring (bicyclic) bond motifs is 1. The lowest BCUT2D eigenvalue weighted by Gasteiger charge is -2.19. The van der Waals surface area contributed by atoms with Gasteiger partial charge >= 0.3 is 5.97 Å². The smallest absolute Gasteiger partial charge is 0.306 e. The zero-order chi connectivity index (χ0) is 19.2. The first-order valence-electron chi connectivity index (χ1n) is 10.7. The highest BCUT2D eigenvalue weighted by molar-refractivity contribution is 5.69. The van der Waals surface area contributed by atoms with Crippen LogP contribution in [0, 0.1) is 23.7 Å². The lowest BCUT2D eigenvalue weighted by molar-refractivity contribution is -0.143. The third kappa shape index (κ3) is 5.32. The van der Waals surface area contributed by atoms with E-state index in [0.717, 1.165) is 25.7 Å². The molecule has 27 heavy (non-hydrogen) atoms. The molecular formula is C23H34O4. The largest absolute Gasteiger partial charge is 0.466 e. The highest BCUT2D eigenvalue weighted by atomic mass is 16.5. The van der Waals surface area contributed by atoms with Gasteiger partial charge in [-0.3, -0.25) is 4.79 Å². The number of allylic oxidation sites excluding steroid dienone is 4. The van der Waals surface area contributed by atoms with Crippen LogP contribution in [-0.2, 0) is 9.53 Å². The van der Waals surface area contributed by atoms with Gasteiger partial charge < -0.3 is 14.9 Å². The van der Waals surface area contributed by atoms with Gasteiger partial charge in [0, 0.05) is 12.3 Å². The Morgan fingerprint density at radius 3 is 2.89 bits per heavy atom. The minimum absolute atomic E-state index is 0.132. The van der Waals surface area contributed by atoms with E-state index < -0.39 is 0 Å². The van der Waals surface area contributed by atoms with E-state index in [1.54, 1.807) is 0 Å². The topological polar surface area (TPSA) is 66.8 Å². The van der Waals surface area contributed by atoms with Gasteiger partial charge in [0.2, 0.25) is 0 Å². The Kier molecular flexibility index (Phi) is 7.31. The molecule has 3 rings (SSSR count). The number of carbonyl (C=O) groups is 1. The summed E-state index contributed by atoms with van der Waals surface area (Å²) in [6.45, 7) is 2.26. The van der Waals surface area contributed by atoms with Crippen molar-refractivity contribution in [1.82, 2.24) is 0 Å². The van der Waals surface area contributed by atoms with E-state index in [-0.39, 0.29) is 24.1 Å². The van der Waals surface area contributed by atoms with E-state index in [2.05, 4.69) is 24.3 Å². The molecule has 0 radical (unpaired) electrons. The Morgan fingerprint density at radius 1 is 1.37 bits per heavy atom. The lowest BCUT2D eigenvalue weighted by atomic mass is 9.88. The number of rotatable bonds is 8. The zero-order valence-electron chi connectivity index (χ0n) is 16.4. The van der Waals surface area contributed by atoms with Crippen LogP contribution in [0.15, 0.2) is 36.0 Å². The summed E-state index contributed by atoms with van der Waals surface area (Å²) < 4.78 is 4.94. The molecular weight excluding hydrogens is 340 g/mol. The Morgan fingerprint density at radius 2 is 2.15 bits per heavy atom. The molecule has 0 aromatic heterocycles. The maximum atomic E-state index is 11.4. The highest BCUT2D eigenvalue weighted by Gasteiger charge is 2.43. The predicted molar refractivity (Wildman–Crippen MR) is 106 cm³/mol. The molecule has 2 N–H and O–H groups in total. The van der Waals surface area contributed by atoms with Gasteiger partial charge in [-0.05, 0) is 56.8 Å². The fourth-order valence-electron chi connectivity index (χ4n) is 5.04. The van der Waals surface area contributed by atoms with Gasteiger partial charge in [-0.2, -0.15) is 0 Å². The Balaban J connectivity index is 1.49. The maximum absolute atomic E-state index is 11.4. The SMILES string of the molecule is CCOC(=O)CCC=CC1=C[C@H]2C[C@@H](O)[C@@H](C=C[C@@H](O)C3CCCC3)[C@H]2C1. The molecule has 150 valence electrons. The first kappa shape index (κ1) is 20.3. The summed E-state index contributed by atoms with van der Waals surface area (Å²) in [6, 6.07) is 0. The van der Waals surface area contributed by atoms with Crippen LogP contribution in [0.1, 0.15) is 58.3 Å². The van der Waals surface area contributed by atoms with Gasteiger partial charge in [-0.25, -0.2) is 0 Å². The summed E-state index contributed by atoms with van der Waals surface area (Å²) in [4.78, 5) is 11.4. The molecule has 0 unspecified atom stereocenters. The van der Waals surface area contributed by atoms with Crippen molar-refractivity contribution in [2.45, 2.75) is 70.5 Å². The quantitative estimate of drug-likeness (QED) is 0.499. The molecule has 2 saturated carbocycles. The molecule has 0 amide bonds. The molecule has 0 aromatic rings. The molecule has 0 heterocycles. The standard InChI is InChI=1S/C23H34O4/c1-2-27-23(26)10-6-3-7-16-13-18-15-22(25)19(20(18)14-16)11-12-21(24)17-8-4-5-9-17/h3,7,11-13,17-22,24-25H,2,4-6,8-10,14-15H2,1H3/t18-,19-,20-,21+,22+/m0/s1. The van der Waals surface area contributed by atoms with Crippen molar-refractivity contribution in [3.8, 4) is 0 Å². The molecule has 4 nitrogen and oxygen atoms in total. The number of hydrogen-bond acceptors (Lipinski definition) is 4. The summed E-state index contributed by atoms with van der Waals surface area (Å²) in [5.74, 6) is 1.23. The summed E-state index contributed by atoms with van der Waals surface area (Å²) in [5.41, 5.74) is 1.30. The second-order valence-corrected chi connectivity index (χ2v) is 8.32. The molecule has 0 spiro atoms. The van der Waals surface area contributed by atoms with Crippen LogP contribution >= 0.6 is 0 Å². The monoisotopic (exact) mass is 374 g/mol. The highest BCUT2D eigenvalue weighted by Crippen LogP contribution is 2.47. The number of carbonyl (C=O) groups excluding carboxylic acids is 1. The normalized spacial score (nSPS) is 32.3. The van der Waals surface area contributed by atoms with Crippen molar-refractivity contribution in [3.05, 3.63) is 36.0 Å². The van der Waals surface area contributed by atoms with Gasteiger partial charge in [0.25, 0.3) is 0 Å². The zero-order valence-corrected chi connectivity index (χ0v) is 16.4. The maximum Gasteiger partial charge on any atom is 0.306 e. The summed E-state index contributed by atoms with van der Waals surface area (Å²) >= 11 is 0. The number of esters is 1. The fraction of sp³-hybridized carbons (Fsp3) is 0.696. The van der Waals surface area contributed by atoms with Crippen LogP contribution < -0.4 is 0 Å². The van der Waals surface area contributed by atoms with E-state index in [1.807, 2.05) is 13.0 Å². The minimum Gasteiger partial charge on any atom is -0.466 e. The average Bonchev–Trinajstić information content (AvgIpc) is 3.34. The van der Waals surface area contributed by atoms with E-state index in [4.69, 9.17) is 4.74 Å². The van der Waals surface area contributed by atoms with Crippen LogP contribution in [0.25, 0.3) is 0 Å². The van der Waals surface area contributed by atoms with Crippen molar-refractivity contribution in [2.75, 3.05) is 6.61 Å². The lowest BCUT2D eigenvalue weighted by Crippen LogP contribution is -2.19. The Hall–Kier alpha value is -1.39. The molecule has 3 aliphatic rings. The third-order valence-corrected chi connectivity index (χ3v) is 6.47. The number of aliphatic hydroxyl groups excluding tert-OH is 2. The van der Waals surface area contributed by atoms with Crippen molar-refractivity contribution in [1.29, 1.82) is 0 Å². The molecule has 5 atom stereocenters. The second kappa shape index (κ2) is 9.70. The molecule has 4 heteroatoms. The van der Waals surface area contributed by atoms with E-state index in [1.165, 1.54) is 18.4 Å². The van der Waals surface area contributed by atoms with E-state index >= 15 is 0 Å². The molecule has 3 aliphatic carbocycles. The van der Waals surface area contributed by atoms with Gasteiger partial charge in [-0.15, -0.1) is 0 Å². The molecule has 0 aromatic carbocycles. The number of ether oxygens (including phenoxy) is 1. The van der Waals surface area contributed by atoms with Crippen LogP contribution in [0.3, 0.4) is 0 Å². The summed E-state index contributed by atoms with van der Waals surface area (Å²) in [7, 11) is 0. The van der Waals surface area contributed by atoms with Gasteiger partial charge in [-0.1, -0.05) is 48.8 Å². The molecule has 0 aliphatic heterocycles.